The molecule has 0 saturated carbocycles. The van der Waals surface area contributed by atoms with Crippen molar-refractivity contribution in [1.82, 2.24) is 9.80 Å². The number of hydrogen-bond acceptors (Lipinski definition) is 6. The van der Waals surface area contributed by atoms with Gasteiger partial charge in [-0.2, -0.15) is 0 Å². The summed E-state index contributed by atoms with van der Waals surface area (Å²) >= 11 is 0. The molecule has 2 heterocycles. The van der Waals surface area contributed by atoms with Gasteiger partial charge < -0.3 is 23.5 Å². The van der Waals surface area contributed by atoms with E-state index in [-0.39, 0.29) is 6.04 Å². The molecule has 0 aliphatic carbocycles. The third-order valence-electron chi connectivity index (χ3n) is 6.44. The third-order valence-corrected chi connectivity index (χ3v) is 6.44. The first kappa shape index (κ1) is 27.1. The lowest BCUT2D eigenvalue weighted by Crippen LogP contribution is -2.38. The summed E-state index contributed by atoms with van der Waals surface area (Å²) in [5.74, 6) is 3.34. The quantitative estimate of drug-likeness (QED) is 0.358. The van der Waals surface area contributed by atoms with Crippen LogP contribution in [0.15, 0.2) is 59.2 Å². The van der Waals surface area contributed by atoms with Gasteiger partial charge in [-0.05, 0) is 74.7 Å². The second-order valence-corrected chi connectivity index (χ2v) is 8.67. The standard InChI is InChI=1S/C24H27NO4.C5H11NO/c1-17-6-8-19(9-7-17)29-16-22-21-14-24(27-3)23(26-2)13-18(21)10-11-25(22)15-20-5-4-12-28-20;1-3-6(4-2)5-7/h4-9,12-14,22H,10-11,15-16H2,1-3H3;5H,3-4H2,1-2H3. The summed E-state index contributed by atoms with van der Waals surface area (Å²) in [7, 11) is 3.35. The van der Waals surface area contributed by atoms with Crippen LogP contribution in [0.1, 0.15) is 42.3 Å². The van der Waals surface area contributed by atoms with Crippen molar-refractivity contribution in [2.45, 2.75) is 39.8 Å². The van der Waals surface area contributed by atoms with Gasteiger partial charge in [0.25, 0.3) is 0 Å². The van der Waals surface area contributed by atoms with E-state index in [1.165, 1.54) is 16.7 Å². The molecule has 0 radical (unpaired) electrons. The van der Waals surface area contributed by atoms with Crippen LogP contribution >= 0.6 is 0 Å². The van der Waals surface area contributed by atoms with Crippen LogP contribution in [0.4, 0.5) is 0 Å². The zero-order valence-corrected chi connectivity index (χ0v) is 22.0. The number of methoxy groups -OCH3 is 2. The second-order valence-electron chi connectivity index (χ2n) is 8.67. The van der Waals surface area contributed by atoms with Crippen molar-refractivity contribution >= 4 is 6.41 Å². The minimum absolute atomic E-state index is 0.0879. The first-order valence-corrected chi connectivity index (χ1v) is 12.4. The van der Waals surface area contributed by atoms with Crippen molar-refractivity contribution < 1.29 is 23.4 Å². The summed E-state index contributed by atoms with van der Waals surface area (Å²) in [5.41, 5.74) is 3.71. The molecule has 1 atom stereocenters. The fourth-order valence-electron chi connectivity index (χ4n) is 4.25. The highest BCUT2D eigenvalue weighted by atomic mass is 16.5. The molecule has 2 aromatic carbocycles. The number of ether oxygens (including phenoxy) is 3. The van der Waals surface area contributed by atoms with Gasteiger partial charge in [-0.1, -0.05) is 17.7 Å². The molecule has 4 rings (SSSR count). The highest BCUT2D eigenvalue weighted by Gasteiger charge is 2.30. The van der Waals surface area contributed by atoms with Crippen molar-refractivity contribution in [3.63, 3.8) is 0 Å². The normalized spacial score (nSPS) is 14.8. The minimum Gasteiger partial charge on any atom is -0.493 e. The van der Waals surface area contributed by atoms with Crippen LogP contribution in [0.5, 0.6) is 17.2 Å². The number of carbonyl (C=O) groups is 1. The molecule has 3 aromatic rings. The first-order valence-electron chi connectivity index (χ1n) is 12.4. The fraction of sp³-hybridized carbons (Fsp3) is 0.414. The first-order chi connectivity index (χ1) is 17.5. The molecule has 0 N–H and O–H groups in total. The van der Waals surface area contributed by atoms with Crippen molar-refractivity contribution in [3.05, 3.63) is 77.2 Å². The lowest BCUT2D eigenvalue weighted by molar-refractivity contribution is -0.117. The largest absolute Gasteiger partial charge is 0.493 e. The smallest absolute Gasteiger partial charge is 0.209 e. The predicted octanol–water partition coefficient (Wildman–Crippen LogP) is 5.27. The van der Waals surface area contributed by atoms with Crippen LogP contribution in [-0.2, 0) is 17.8 Å². The number of furan rings is 1. The predicted molar refractivity (Wildman–Crippen MR) is 141 cm³/mol. The van der Waals surface area contributed by atoms with Crippen LogP contribution in [0.25, 0.3) is 0 Å². The minimum atomic E-state index is 0.0879. The number of rotatable bonds is 10. The second kappa shape index (κ2) is 13.6. The van der Waals surface area contributed by atoms with Crippen LogP contribution in [0.3, 0.4) is 0 Å². The Labute approximate surface area is 214 Å². The summed E-state index contributed by atoms with van der Waals surface area (Å²) < 4.78 is 22.9. The van der Waals surface area contributed by atoms with Gasteiger partial charge in [0.05, 0.1) is 33.1 Å². The number of amides is 1. The average Bonchev–Trinajstić information content (AvgIpc) is 3.42. The van der Waals surface area contributed by atoms with Gasteiger partial charge >= 0.3 is 0 Å². The van der Waals surface area contributed by atoms with Gasteiger partial charge in [0.15, 0.2) is 11.5 Å². The SMILES string of the molecule is CCN(C=O)CC.COc1cc2c(cc1OC)C(COc1ccc(C)cc1)N(Cc1ccco1)CC2. The van der Waals surface area contributed by atoms with E-state index in [0.29, 0.717) is 6.61 Å². The number of carbonyl (C=O) groups excluding carboxylic acids is 1. The number of aryl methyl sites for hydroxylation is 1. The topological polar surface area (TPSA) is 64.4 Å². The monoisotopic (exact) mass is 494 g/mol. The Kier molecular flexibility index (Phi) is 10.2. The van der Waals surface area contributed by atoms with E-state index in [1.807, 2.05) is 38.1 Å². The zero-order valence-electron chi connectivity index (χ0n) is 22.0. The van der Waals surface area contributed by atoms with Crippen molar-refractivity contribution in [2.24, 2.45) is 0 Å². The Bertz CT molecular complexity index is 1060. The van der Waals surface area contributed by atoms with Gasteiger partial charge in [0.1, 0.15) is 18.1 Å². The Morgan fingerprint density at radius 2 is 1.75 bits per heavy atom. The molecule has 1 amide bonds. The average molecular weight is 495 g/mol. The Morgan fingerprint density at radius 1 is 1.06 bits per heavy atom. The van der Waals surface area contributed by atoms with E-state index in [4.69, 9.17) is 18.6 Å². The van der Waals surface area contributed by atoms with E-state index < -0.39 is 0 Å². The number of fused-ring (bicyclic) bond motifs is 1. The van der Waals surface area contributed by atoms with Crippen molar-refractivity contribution in [1.29, 1.82) is 0 Å². The summed E-state index contributed by atoms with van der Waals surface area (Å²) in [5, 5.41) is 0. The summed E-state index contributed by atoms with van der Waals surface area (Å²) in [6, 6.07) is 16.4. The highest BCUT2D eigenvalue weighted by molar-refractivity contribution is 5.49. The van der Waals surface area contributed by atoms with Gasteiger partial charge in [-0.3, -0.25) is 9.69 Å². The molecule has 0 saturated heterocycles. The Balaban J connectivity index is 0.000000454. The summed E-state index contributed by atoms with van der Waals surface area (Å²) in [4.78, 5) is 14.0. The maximum atomic E-state index is 9.89. The molecule has 1 aliphatic rings. The fourth-order valence-corrected chi connectivity index (χ4v) is 4.25. The van der Waals surface area contributed by atoms with E-state index >= 15 is 0 Å². The van der Waals surface area contributed by atoms with Gasteiger partial charge in [0, 0.05) is 19.6 Å². The third kappa shape index (κ3) is 7.04. The van der Waals surface area contributed by atoms with E-state index in [0.717, 1.165) is 62.0 Å². The number of benzene rings is 2. The van der Waals surface area contributed by atoms with Crippen molar-refractivity contribution in [2.75, 3.05) is 40.5 Å². The van der Waals surface area contributed by atoms with Crippen molar-refractivity contribution in [3.8, 4) is 17.2 Å². The lowest BCUT2D eigenvalue weighted by atomic mass is 9.92. The molecule has 7 heteroatoms. The maximum absolute atomic E-state index is 9.89. The zero-order chi connectivity index (χ0) is 25.9. The van der Waals surface area contributed by atoms with Crippen LogP contribution in [0, 0.1) is 6.92 Å². The molecule has 0 fully saturated rings. The van der Waals surface area contributed by atoms with Gasteiger partial charge in [-0.15, -0.1) is 0 Å². The molecular weight excluding hydrogens is 456 g/mol. The lowest BCUT2D eigenvalue weighted by Gasteiger charge is -2.37. The van der Waals surface area contributed by atoms with E-state index in [2.05, 4.69) is 36.1 Å². The summed E-state index contributed by atoms with van der Waals surface area (Å²) in [6.45, 7) is 9.84. The molecular formula is C29H38N2O5. The van der Waals surface area contributed by atoms with Gasteiger partial charge in [-0.25, -0.2) is 0 Å². The highest BCUT2D eigenvalue weighted by Crippen LogP contribution is 2.39. The molecule has 7 nitrogen and oxygen atoms in total. The van der Waals surface area contributed by atoms with Crippen LogP contribution in [0.2, 0.25) is 0 Å². The molecule has 0 spiro atoms. The Morgan fingerprint density at radius 3 is 2.31 bits per heavy atom. The van der Waals surface area contributed by atoms with Gasteiger partial charge in [0.2, 0.25) is 6.41 Å². The number of nitrogens with zero attached hydrogens (tertiary/aromatic N) is 2. The molecule has 1 aromatic heterocycles. The maximum Gasteiger partial charge on any atom is 0.209 e. The molecule has 1 unspecified atom stereocenters. The summed E-state index contributed by atoms with van der Waals surface area (Å²) in [6.07, 6.45) is 3.52. The van der Waals surface area contributed by atoms with Crippen LogP contribution < -0.4 is 14.2 Å². The van der Waals surface area contributed by atoms with Crippen LogP contribution in [-0.4, -0.2) is 56.7 Å². The molecule has 1 aliphatic heterocycles. The number of hydrogen-bond donors (Lipinski definition) is 0. The molecule has 36 heavy (non-hydrogen) atoms. The molecule has 194 valence electrons. The Hall–Kier alpha value is -3.45. The van der Waals surface area contributed by atoms with E-state index in [1.54, 1.807) is 25.4 Å². The van der Waals surface area contributed by atoms with E-state index in [9.17, 15) is 4.79 Å². The molecule has 0 bridgehead atoms.